The number of pyridine rings is 1. The van der Waals surface area contributed by atoms with Crippen molar-refractivity contribution in [3.63, 3.8) is 0 Å². The van der Waals surface area contributed by atoms with Gasteiger partial charge in [0.25, 0.3) is 5.91 Å². The lowest BCUT2D eigenvalue weighted by atomic mass is 10.00. The highest BCUT2D eigenvalue weighted by molar-refractivity contribution is 6.31. The summed E-state index contributed by atoms with van der Waals surface area (Å²) in [5, 5.41) is 4.19. The van der Waals surface area contributed by atoms with Crippen LogP contribution in [0.2, 0.25) is 5.02 Å². The van der Waals surface area contributed by atoms with E-state index in [0.717, 1.165) is 22.0 Å². The van der Waals surface area contributed by atoms with Crippen molar-refractivity contribution in [1.29, 1.82) is 0 Å². The second kappa shape index (κ2) is 5.54. The molecule has 104 valence electrons. The van der Waals surface area contributed by atoms with Crippen LogP contribution in [0.15, 0.2) is 54.6 Å². The van der Waals surface area contributed by atoms with Gasteiger partial charge in [-0.05, 0) is 35.4 Å². The largest absolute Gasteiger partial charge is 0.354 e. The number of fused-ring (bicyclic) bond motifs is 1. The van der Waals surface area contributed by atoms with Crippen LogP contribution in [0, 0.1) is 0 Å². The number of carbonyl (C=O) groups is 1. The first kappa shape index (κ1) is 13.6. The molecular weight excluding hydrogens is 284 g/mol. The van der Waals surface area contributed by atoms with Crippen LogP contribution in [-0.2, 0) is 0 Å². The van der Waals surface area contributed by atoms with Gasteiger partial charge in [0.2, 0.25) is 0 Å². The zero-order valence-corrected chi connectivity index (χ0v) is 12.2. The van der Waals surface area contributed by atoms with Gasteiger partial charge in [-0.1, -0.05) is 41.9 Å². The first-order valence-electron chi connectivity index (χ1n) is 6.57. The van der Waals surface area contributed by atoms with Gasteiger partial charge in [-0.2, -0.15) is 0 Å². The van der Waals surface area contributed by atoms with Crippen molar-refractivity contribution in [2.45, 2.75) is 0 Å². The smallest absolute Gasteiger partial charge is 0.269 e. The Morgan fingerprint density at radius 3 is 2.57 bits per heavy atom. The molecule has 1 N–H and O–H groups in total. The average Bonchev–Trinajstić information content (AvgIpc) is 2.54. The van der Waals surface area contributed by atoms with Crippen molar-refractivity contribution in [2.24, 2.45) is 0 Å². The molecule has 0 unspecified atom stereocenters. The lowest BCUT2D eigenvalue weighted by Crippen LogP contribution is -2.19. The van der Waals surface area contributed by atoms with Crippen LogP contribution in [0.1, 0.15) is 10.5 Å². The lowest BCUT2D eigenvalue weighted by molar-refractivity contribution is 0.0958. The molecule has 21 heavy (non-hydrogen) atoms. The molecule has 0 fully saturated rings. The maximum atomic E-state index is 11.9. The van der Waals surface area contributed by atoms with Crippen LogP contribution in [0.25, 0.3) is 22.0 Å². The Labute approximate surface area is 127 Å². The third kappa shape index (κ3) is 2.60. The van der Waals surface area contributed by atoms with Crippen LogP contribution >= 0.6 is 11.6 Å². The fourth-order valence-electron chi connectivity index (χ4n) is 2.30. The molecule has 3 aromatic rings. The van der Waals surface area contributed by atoms with Crippen molar-refractivity contribution in [3.8, 4) is 11.1 Å². The topological polar surface area (TPSA) is 42.0 Å². The lowest BCUT2D eigenvalue weighted by Gasteiger charge is -2.10. The monoisotopic (exact) mass is 296 g/mol. The van der Waals surface area contributed by atoms with E-state index in [2.05, 4.69) is 10.3 Å². The Hall–Kier alpha value is -2.39. The Balaban J connectivity index is 2.33. The summed E-state index contributed by atoms with van der Waals surface area (Å²) in [6.07, 6.45) is 0. The Morgan fingerprint density at radius 2 is 1.86 bits per heavy atom. The highest BCUT2D eigenvalue weighted by Crippen LogP contribution is 2.30. The maximum Gasteiger partial charge on any atom is 0.269 e. The summed E-state index contributed by atoms with van der Waals surface area (Å²) in [5.74, 6) is -0.205. The number of nitrogens with one attached hydrogen (secondary N) is 1. The number of aromatic nitrogens is 1. The summed E-state index contributed by atoms with van der Waals surface area (Å²) in [6.45, 7) is 0. The van der Waals surface area contributed by atoms with Gasteiger partial charge in [0, 0.05) is 17.5 Å². The molecule has 0 aliphatic rings. The van der Waals surface area contributed by atoms with Gasteiger partial charge in [-0.15, -0.1) is 0 Å². The summed E-state index contributed by atoms with van der Waals surface area (Å²) < 4.78 is 0. The number of carbonyl (C=O) groups excluding carboxylic acids is 1. The second-order valence-electron chi connectivity index (χ2n) is 4.66. The zero-order valence-electron chi connectivity index (χ0n) is 11.4. The molecule has 0 bridgehead atoms. The molecule has 0 saturated carbocycles. The van der Waals surface area contributed by atoms with Gasteiger partial charge in [-0.25, -0.2) is 4.98 Å². The number of hydrogen-bond donors (Lipinski definition) is 1. The van der Waals surface area contributed by atoms with Gasteiger partial charge in [-0.3, -0.25) is 4.79 Å². The quantitative estimate of drug-likeness (QED) is 0.779. The van der Waals surface area contributed by atoms with E-state index >= 15 is 0 Å². The second-order valence-corrected chi connectivity index (χ2v) is 5.10. The third-order valence-corrected chi connectivity index (χ3v) is 3.55. The van der Waals surface area contributed by atoms with Gasteiger partial charge in [0.05, 0.1) is 5.52 Å². The average molecular weight is 297 g/mol. The molecule has 0 radical (unpaired) electrons. The van der Waals surface area contributed by atoms with Crippen molar-refractivity contribution in [1.82, 2.24) is 10.3 Å². The number of halogens is 1. The standard InChI is InChI=1S/C17H13ClN2O/c1-19-17(21)16-10-13(11-5-3-2-4-6-11)14-9-12(18)7-8-15(14)20-16/h2-10H,1H3,(H,19,21). The van der Waals surface area contributed by atoms with E-state index in [1.165, 1.54) is 0 Å². The molecule has 0 aliphatic heterocycles. The molecule has 1 aromatic heterocycles. The van der Waals surface area contributed by atoms with Crippen molar-refractivity contribution < 1.29 is 4.79 Å². The van der Waals surface area contributed by atoms with Crippen LogP contribution in [0.3, 0.4) is 0 Å². The molecule has 0 saturated heterocycles. The minimum absolute atomic E-state index is 0.205. The minimum atomic E-state index is -0.205. The van der Waals surface area contributed by atoms with Crippen molar-refractivity contribution in [3.05, 3.63) is 65.3 Å². The first-order chi connectivity index (χ1) is 10.2. The Kier molecular flexibility index (Phi) is 3.59. The van der Waals surface area contributed by atoms with E-state index in [0.29, 0.717) is 10.7 Å². The number of benzene rings is 2. The highest BCUT2D eigenvalue weighted by Gasteiger charge is 2.12. The minimum Gasteiger partial charge on any atom is -0.354 e. The molecule has 1 heterocycles. The molecule has 3 rings (SSSR count). The molecule has 2 aromatic carbocycles. The van der Waals surface area contributed by atoms with Crippen LogP contribution < -0.4 is 5.32 Å². The number of nitrogens with zero attached hydrogens (tertiary/aromatic N) is 1. The number of hydrogen-bond acceptors (Lipinski definition) is 2. The number of rotatable bonds is 2. The summed E-state index contributed by atoms with van der Waals surface area (Å²) in [6, 6.07) is 17.2. The Bertz CT molecular complexity index is 816. The summed E-state index contributed by atoms with van der Waals surface area (Å²) >= 11 is 6.10. The zero-order chi connectivity index (χ0) is 14.8. The van der Waals surface area contributed by atoms with Crippen LogP contribution in [0.4, 0.5) is 0 Å². The predicted octanol–water partition coefficient (Wildman–Crippen LogP) is 3.91. The summed E-state index contributed by atoms with van der Waals surface area (Å²) in [4.78, 5) is 16.3. The fraction of sp³-hybridized carbons (Fsp3) is 0.0588. The van der Waals surface area contributed by atoms with Gasteiger partial charge in [0.1, 0.15) is 5.69 Å². The molecule has 0 aliphatic carbocycles. The molecule has 1 amide bonds. The molecular formula is C17H13ClN2O. The van der Waals surface area contributed by atoms with E-state index in [1.54, 1.807) is 19.2 Å². The predicted molar refractivity (Wildman–Crippen MR) is 85.6 cm³/mol. The Morgan fingerprint density at radius 1 is 1.10 bits per heavy atom. The summed E-state index contributed by atoms with van der Waals surface area (Å²) in [5.41, 5.74) is 3.12. The number of amides is 1. The molecule has 0 atom stereocenters. The van der Waals surface area contributed by atoms with Gasteiger partial charge >= 0.3 is 0 Å². The van der Waals surface area contributed by atoms with E-state index in [4.69, 9.17) is 11.6 Å². The maximum absolute atomic E-state index is 11.9. The van der Waals surface area contributed by atoms with E-state index in [1.807, 2.05) is 42.5 Å². The normalized spacial score (nSPS) is 10.6. The third-order valence-electron chi connectivity index (χ3n) is 3.32. The molecule has 3 nitrogen and oxygen atoms in total. The van der Waals surface area contributed by atoms with Crippen molar-refractivity contribution in [2.75, 3.05) is 7.05 Å². The molecule has 0 spiro atoms. The van der Waals surface area contributed by atoms with E-state index < -0.39 is 0 Å². The fourth-order valence-corrected chi connectivity index (χ4v) is 2.47. The van der Waals surface area contributed by atoms with Crippen molar-refractivity contribution >= 4 is 28.4 Å². The van der Waals surface area contributed by atoms with Gasteiger partial charge < -0.3 is 5.32 Å². The van der Waals surface area contributed by atoms with Crippen LogP contribution in [0.5, 0.6) is 0 Å². The SMILES string of the molecule is CNC(=O)c1cc(-c2ccccc2)c2cc(Cl)ccc2n1. The highest BCUT2D eigenvalue weighted by atomic mass is 35.5. The van der Waals surface area contributed by atoms with E-state index in [-0.39, 0.29) is 5.91 Å². The molecule has 4 heteroatoms. The van der Waals surface area contributed by atoms with Crippen LogP contribution in [-0.4, -0.2) is 17.9 Å². The van der Waals surface area contributed by atoms with E-state index in [9.17, 15) is 4.79 Å². The van der Waals surface area contributed by atoms with Gasteiger partial charge in [0.15, 0.2) is 0 Å². The summed E-state index contributed by atoms with van der Waals surface area (Å²) in [7, 11) is 1.60. The first-order valence-corrected chi connectivity index (χ1v) is 6.94.